The molecule has 1 heterocycles. The van der Waals surface area contributed by atoms with Crippen LogP contribution in [0.5, 0.6) is 0 Å². The largest absolute Gasteiger partial charge is 0.451 e. The van der Waals surface area contributed by atoms with Gasteiger partial charge >= 0.3 is 5.97 Å². The van der Waals surface area contributed by atoms with Crippen molar-refractivity contribution in [2.45, 2.75) is 19.6 Å². The molecule has 0 aliphatic carbocycles. The van der Waals surface area contributed by atoms with Crippen LogP contribution in [-0.2, 0) is 20.9 Å². The van der Waals surface area contributed by atoms with E-state index in [1.165, 1.54) is 17.9 Å². The highest BCUT2D eigenvalue weighted by atomic mass is 16.5. The number of hydrogen-bond acceptors (Lipinski definition) is 6. The lowest BCUT2D eigenvalue weighted by Crippen LogP contribution is -2.31. The Balaban J connectivity index is 1.65. The van der Waals surface area contributed by atoms with E-state index < -0.39 is 18.0 Å². The van der Waals surface area contributed by atoms with Gasteiger partial charge in [0.05, 0.1) is 0 Å². The van der Waals surface area contributed by atoms with Crippen LogP contribution in [0, 0.1) is 0 Å². The van der Waals surface area contributed by atoms with Crippen LogP contribution in [0.2, 0.25) is 0 Å². The third-order valence-electron chi connectivity index (χ3n) is 3.63. The predicted octanol–water partition coefficient (Wildman–Crippen LogP) is 1.91. The van der Waals surface area contributed by atoms with E-state index in [0.29, 0.717) is 5.69 Å². The molecular formula is C18H17N5O3. The number of aromatic nitrogens is 4. The Morgan fingerprint density at radius 2 is 1.85 bits per heavy atom. The van der Waals surface area contributed by atoms with Gasteiger partial charge in [-0.1, -0.05) is 48.5 Å². The molecule has 1 unspecified atom stereocenters. The van der Waals surface area contributed by atoms with Gasteiger partial charge in [0.1, 0.15) is 12.9 Å². The summed E-state index contributed by atoms with van der Waals surface area (Å²) >= 11 is 0. The molecule has 0 aliphatic rings. The van der Waals surface area contributed by atoms with Crippen LogP contribution in [0.15, 0.2) is 60.9 Å². The Bertz CT molecular complexity index is 881. The minimum atomic E-state index is -0.956. The number of amides is 1. The second-order valence-electron chi connectivity index (χ2n) is 5.54. The van der Waals surface area contributed by atoms with E-state index in [4.69, 9.17) is 4.74 Å². The van der Waals surface area contributed by atoms with Gasteiger partial charge < -0.3 is 10.1 Å². The Labute approximate surface area is 149 Å². The minimum absolute atomic E-state index is 0.161. The number of hydrogen-bond donors (Lipinski definition) is 1. The molecule has 0 radical (unpaired) electrons. The van der Waals surface area contributed by atoms with E-state index in [1.54, 1.807) is 6.07 Å². The summed E-state index contributed by atoms with van der Waals surface area (Å²) in [5.74, 6) is -1.02. The van der Waals surface area contributed by atoms with E-state index in [9.17, 15) is 9.59 Å². The van der Waals surface area contributed by atoms with Gasteiger partial charge in [0.25, 0.3) is 5.91 Å². The summed E-state index contributed by atoms with van der Waals surface area (Å²) in [4.78, 5) is 24.2. The molecule has 1 aromatic heterocycles. The molecule has 132 valence electrons. The van der Waals surface area contributed by atoms with Crippen molar-refractivity contribution in [3.8, 4) is 11.1 Å². The molecule has 1 N–H and O–H groups in total. The highest BCUT2D eigenvalue weighted by molar-refractivity contribution is 5.98. The average Bonchev–Trinajstić information content (AvgIpc) is 3.15. The van der Waals surface area contributed by atoms with Gasteiger partial charge in [0.2, 0.25) is 0 Å². The fourth-order valence-electron chi connectivity index (χ4n) is 2.37. The average molecular weight is 351 g/mol. The molecule has 3 aromatic rings. The number of rotatable bonds is 6. The number of carbonyl (C=O) groups is 2. The van der Waals surface area contributed by atoms with Crippen LogP contribution in [0.25, 0.3) is 11.1 Å². The third-order valence-corrected chi connectivity index (χ3v) is 3.63. The summed E-state index contributed by atoms with van der Waals surface area (Å²) < 4.78 is 6.36. The van der Waals surface area contributed by atoms with E-state index in [1.807, 2.05) is 48.5 Å². The summed E-state index contributed by atoms with van der Waals surface area (Å²) in [7, 11) is 0. The highest BCUT2D eigenvalue weighted by Gasteiger charge is 2.19. The number of ether oxygens (including phenoxy) is 1. The number of carbonyl (C=O) groups excluding carboxylic acids is 2. The van der Waals surface area contributed by atoms with Crippen LogP contribution in [0.3, 0.4) is 0 Å². The standard InChI is InChI=1S/C18H17N5O3/c1-13(26-17(24)11-23-12-19-21-22-23)18(25)20-16-10-6-5-9-15(16)14-7-3-2-4-8-14/h2-10,12-13H,11H2,1H3,(H,20,25). The Morgan fingerprint density at radius 3 is 2.58 bits per heavy atom. The molecular weight excluding hydrogens is 334 g/mol. The fourth-order valence-corrected chi connectivity index (χ4v) is 2.37. The Morgan fingerprint density at radius 1 is 1.12 bits per heavy atom. The van der Waals surface area contributed by atoms with E-state index >= 15 is 0 Å². The first-order valence-electron chi connectivity index (χ1n) is 7.99. The summed E-state index contributed by atoms with van der Waals surface area (Å²) in [6.07, 6.45) is 0.338. The van der Waals surface area contributed by atoms with Gasteiger partial charge in [-0.3, -0.25) is 9.59 Å². The maximum atomic E-state index is 12.4. The lowest BCUT2D eigenvalue weighted by atomic mass is 10.0. The lowest BCUT2D eigenvalue weighted by molar-refractivity contribution is -0.153. The van der Waals surface area contributed by atoms with Crippen molar-refractivity contribution < 1.29 is 14.3 Å². The Kier molecular flexibility index (Phi) is 5.33. The maximum absolute atomic E-state index is 12.4. The molecule has 8 nitrogen and oxygen atoms in total. The van der Waals surface area contributed by atoms with E-state index in [0.717, 1.165) is 11.1 Å². The SMILES string of the molecule is CC(OC(=O)Cn1cnnn1)C(=O)Nc1ccccc1-c1ccccc1. The second kappa shape index (κ2) is 8.02. The van der Waals surface area contributed by atoms with Gasteiger partial charge in [0.15, 0.2) is 6.10 Å². The third kappa shape index (κ3) is 4.29. The molecule has 0 saturated heterocycles. The topological polar surface area (TPSA) is 99.0 Å². The number of anilines is 1. The molecule has 3 rings (SSSR count). The fraction of sp³-hybridized carbons (Fsp3) is 0.167. The normalized spacial score (nSPS) is 11.6. The maximum Gasteiger partial charge on any atom is 0.328 e. The smallest absolute Gasteiger partial charge is 0.328 e. The summed E-state index contributed by atoms with van der Waals surface area (Å²) in [5, 5.41) is 13.2. The zero-order valence-electron chi connectivity index (χ0n) is 14.1. The first kappa shape index (κ1) is 17.3. The molecule has 0 saturated carbocycles. The van der Waals surface area contributed by atoms with E-state index in [-0.39, 0.29) is 6.54 Å². The monoisotopic (exact) mass is 351 g/mol. The number of nitrogens with zero attached hydrogens (tertiary/aromatic N) is 4. The highest BCUT2D eigenvalue weighted by Crippen LogP contribution is 2.27. The van der Waals surface area contributed by atoms with Crippen molar-refractivity contribution in [2.75, 3.05) is 5.32 Å². The van der Waals surface area contributed by atoms with Crippen molar-refractivity contribution in [1.82, 2.24) is 20.2 Å². The number of tetrazole rings is 1. The molecule has 26 heavy (non-hydrogen) atoms. The predicted molar refractivity (Wildman–Crippen MR) is 93.9 cm³/mol. The van der Waals surface area contributed by atoms with Crippen molar-refractivity contribution in [3.05, 3.63) is 60.9 Å². The summed E-state index contributed by atoms with van der Waals surface area (Å²) in [5.41, 5.74) is 2.51. The molecule has 8 heteroatoms. The van der Waals surface area contributed by atoms with Crippen LogP contribution in [-0.4, -0.2) is 38.2 Å². The number of esters is 1. The van der Waals surface area contributed by atoms with Gasteiger partial charge in [-0.05, 0) is 29.0 Å². The zero-order chi connectivity index (χ0) is 18.4. The molecule has 2 aromatic carbocycles. The first-order valence-corrected chi connectivity index (χ1v) is 7.99. The van der Waals surface area contributed by atoms with Gasteiger partial charge in [0, 0.05) is 11.3 Å². The molecule has 0 bridgehead atoms. The molecule has 1 atom stereocenters. The van der Waals surface area contributed by atoms with Crippen LogP contribution in [0.1, 0.15) is 6.92 Å². The molecule has 0 spiro atoms. The van der Waals surface area contributed by atoms with Gasteiger partial charge in [-0.25, -0.2) is 4.68 Å². The van der Waals surface area contributed by atoms with Crippen molar-refractivity contribution in [1.29, 1.82) is 0 Å². The number of benzene rings is 2. The number of nitrogens with one attached hydrogen (secondary N) is 1. The van der Waals surface area contributed by atoms with E-state index in [2.05, 4.69) is 20.8 Å². The minimum Gasteiger partial charge on any atom is -0.451 e. The van der Waals surface area contributed by atoms with Gasteiger partial charge in [-0.15, -0.1) is 5.10 Å². The zero-order valence-corrected chi connectivity index (χ0v) is 14.1. The summed E-state index contributed by atoms with van der Waals surface area (Å²) in [6, 6.07) is 17.1. The van der Waals surface area contributed by atoms with Gasteiger partial charge in [-0.2, -0.15) is 0 Å². The van der Waals surface area contributed by atoms with Crippen LogP contribution < -0.4 is 5.32 Å². The molecule has 0 aliphatic heterocycles. The van der Waals surface area contributed by atoms with Crippen molar-refractivity contribution in [3.63, 3.8) is 0 Å². The van der Waals surface area contributed by atoms with Crippen LogP contribution >= 0.6 is 0 Å². The number of para-hydroxylation sites is 1. The van der Waals surface area contributed by atoms with Crippen molar-refractivity contribution in [2.24, 2.45) is 0 Å². The lowest BCUT2D eigenvalue weighted by Gasteiger charge is -2.15. The Hall–Kier alpha value is -3.55. The van der Waals surface area contributed by atoms with Crippen LogP contribution in [0.4, 0.5) is 5.69 Å². The van der Waals surface area contributed by atoms with Crippen molar-refractivity contribution >= 4 is 17.6 Å². The quantitative estimate of drug-likeness (QED) is 0.681. The molecule has 1 amide bonds. The second-order valence-corrected chi connectivity index (χ2v) is 5.54. The molecule has 0 fully saturated rings. The summed E-state index contributed by atoms with van der Waals surface area (Å²) in [6.45, 7) is 1.35. The first-order chi connectivity index (χ1) is 12.6.